The second kappa shape index (κ2) is 6.58. The number of carbonyl (C=O) groups is 2. The molecule has 0 aromatic heterocycles. The molecular formula is C18H14F3NO3. The van der Waals surface area contributed by atoms with E-state index in [1.807, 2.05) is 0 Å². The molecule has 3 rings (SSSR count). The van der Waals surface area contributed by atoms with Crippen molar-refractivity contribution in [2.45, 2.75) is 5.92 Å². The summed E-state index contributed by atoms with van der Waals surface area (Å²) in [6.45, 7) is -0.195. The van der Waals surface area contributed by atoms with Gasteiger partial charge in [-0.25, -0.2) is 13.2 Å². The fourth-order valence-corrected chi connectivity index (χ4v) is 3.13. The maximum absolute atomic E-state index is 13.8. The number of nitrogens with zero attached hydrogens (tertiary/aromatic N) is 1. The zero-order valence-corrected chi connectivity index (χ0v) is 13.0. The number of carbonyl (C=O) groups excluding carboxylic acids is 1. The molecule has 1 saturated heterocycles. The van der Waals surface area contributed by atoms with Gasteiger partial charge in [-0.05, 0) is 29.8 Å². The molecule has 1 fully saturated rings. The molecule has 1 aliphatic rings. The summed E-state index contributed by atoms with van der Waals surface area (Å²) < 4.78 is 40.7. The van der Waals surface area contributed by atoms with Crippen molar-refractivity contribution in [3.63, 3.8) is 0 Å². The van der Waals surface area contributed by atoms with Crippen LogP contribution in [0.2, 0.25) is 0 Å². The molecule has 0 aliphatic carbocycles. The van der Waals surface area contributed by atoms with E-state index in [1.54, 1.807) is 0 Å². The molecule has 0 saturated carbocycles. The van der Waals surface area contributed by atoms with E-state index in [1.165, 1.54) is 24.3 Å². The Morgan fingerprint density at radius 3 is 2.12 bits per heavy atom. The van der Waals surface area contributed by atoms with Crippen molar-refractivity contribution in [2.75, 3.05) is 13.1 Å². The standard InChI is InChI=1S/C18H14F3NO3/c19-11-6-4-10(5-7-11)12-8-22(9-13(12)18(24)25)17(23)16-14(20)2-1-3-15(16)21/h1-7,12-13H,8-9H2,(H,24,25)/t12-,13+/m0/s1. The largest absolute Gasteiger partial charge is 0.481 e. The van der Waals surface area contributed by atoms with Gasteiger partial charge in [0.05, 0.1) is 5.92 Å². The number of benzene rings is 2. The minimum atomic E-state index is -1.13. The quantitative estimate of drug-likeness (QED) is 0.927. The van der Waals surface area contributed by atoms with Gasteiger partial charge in [-0.1, -0.05) is 18.2 Å². The van der Waals surface area contributed by atoms with Crippen molar-refractivity contribution < 1.29 is 27.9 Å². The molecule has 0 spiro atoms. The summed E-state index contributed by atoms with van der Waals surface area (Å²) in [5.74, 6) is -6.01. The van der Waals surface area contributed by atoms with Gasteiger partial charge in [-0.3, -0.25) is 9.59 Å². The highest BCUT2D eigenvalue weighted by Crippen LogP contribution is 2.34. The number of hydrogen-bond donors (Lipinski definition) is 1. The van der Waals surface area contributed by atoms with Gasteiger partial charge in [-0.2, -0.15) is 0 Å². The molecule has 2 aromatic carbocycles. The zero-order valence-electron chi connectivity index (χ0n) is 13.0. The van der Waals surface area contributed by atoms with Crippen molar-refractivity contribution in [2.24, 2.45) is 5.92 Å². The van der Waals surface area contributed by atoms with Gasteiger partial charge in [0.25, 0.3) is 5.91 Å². The van der Waals surface area contributed by atoms with Crippen LogP contribution in [0.15, 0.2) is 42.5 Å². The van der Waals surface area contributed by atoms with Gasteiger partial charge in [0.2, 0.25) is 0 Å². The van der Waals surface area contributed by atoms with Crippen LogP contribution in [0, 0.1) is 23.4 Å². The van der Waals surface area contributed by atoms with E-state index in [4.69, 9.17) is 0 Å². The summed E-state index contributed by atoms with van der Waals surface area (Å²) in [5, 5.41) is 9.42. The molecule has 130 valence electrons. The first-order chi connectivity index (χ1) is 11.9. The summed E-state index contributed by atoms with van der Waals surface area (Å²) in [6, 6.07) is 8.40. The SMILES string of the molecule is O=C(O)[C@@H]1CN(C(=O)c2c(F)cccc2F)C[C@H]1c1ccc(F)cc1. The fraction of sp³-hybridized carbons (Fsp3) is 0.222. The molecule has 1 N–H and O–H groups in total. The molecule has 0 unspecified atom stereocenters. The van der Waals surface area contributed by atoms with E-state index in [9.17, 15) is 27.9 Å². The van der Waals surface area contributed by atoms with Crippen LogP contribution in [0.5, 0.6) is 0 Å². The Hall–Kier alpha value is -2.83. The molecule has 0 bridgehead atoms. The van der Waals surface area contributed by atoms with Crippen LogP contribution in [0.25, 0.3) is 0 Å². The summed E-state index contributed by atoms with van der Waals surface area (Å²) in [4.78, 5) is 25.1. The Labute approximate surface area is 141 Å². The highest BCUT2D eigenvalue weighted by molar-refractivity contribution is 5.95. The van der Waals surface area contributed by atoms with Crippen molar-refractivity contribution in [1.29, 1.82) is 0 Å². The summed E-state index contributed by atoms with van der Waals surface area (Å²) in [5.41, 5.74) is -0.149. The lowest BCUT2D eigenvalue weighted by molar-refractivity contribution is -0.141. The minimum absolute atomic E-state index is 0.0186. The van der Waals surface area contributed by atoms with Crippen LogP contribution < -0.4 is 0 Å². The highest BCUT2D eigenvalue weighted by Gasteiger charge is 2.41. The van der Waals surface area contributed by atoms with E-state index < -0.39 is 46.7 Å². The zero-order chi connectivity index (χ0) is 18.1. The molecule has 2 atom stereocenters. The van der Waals surface area contributed by atoms with Crippen LogP contribution in [0.1, 0.15) is 21.8 Å². The lowest BCUT2D eigenvalue weighted by atomic mass is 9.89. The minimum Gasteiger partial charge on any atom is -0.481 e. The molecule has 4 nitrogen and oxygen atoms in total. The smallest absolute Gasteiger partial charge is 0.308 e. The molecule has 1 aliphatic heterocycles. The lowest BCUT2D eigenvalue weighted by Gasteiger charge is -2.17. The van der Waals surface area contributed by atoms with Gasteiger partial charge in [0.15, 0.2) is 0 Å². The molecule has 1 amide bonds. The Balaban J connectivity index is 1.91. The van der Waals surface area contributed by atoms with E-state index in [0.717, 1.165) is 23.1 Å². The summed E-state index contributed by atoms with van der Waals surface area (Å²) in [6.07, 6.45) is 0. The number of likely N-dealkylation sites (tertiary alicyclic amines) is 1. The first-order valence-corrected chi connectivity index (χ1v) is 7.60. The molecule has 0 radical (unpaired) electrons. The average molecular weight is 349 g/mol. The van der Waals surface area contributed by atoms with Gasteiger partial charge >= 0.3 is 5.97 Å². The summed E-state index contributed by atoms with van der Waals surface area (Å²) >= 11 is 0. The number of aliphatic carboxylic acids is 1. The highest BCUT2D eigenvalue weighted by atomic mass is 19.1. The van der Waals surface area contributed by atoms with E-state index in [0.29, 0.717) is 5.56 Å². The predicted molar refractivity (Wildman–Crippen MR) is 82.5 cm³/mol. The van der Waals surface area contributed by atoms with Crippen LogP contribution in [-0.4, -0.2) is 35.0 Å². The Morgan fingerprint density at radius 2 is 1.56 bits per heavy atom. The molecule has 25 heavy (non-hydrogen) atoms. The lowest BCUT2D eigenvalue weighted by Crippen LogP contribution is -2.31. The van der Waals surface area contributed by atoms with Crippen LogP contribution in [0.3, 0.4) is 0 Å². The number of carboxylic acids is 1. The predicted octanol–water partition coefficient (Wildman–Crippen LogP) is 3.04. The third-order valence-electron chi connectivity index (χ3n) is 4.40. The topological polar surface area (TPSA) is 57.6 Å². The molecular weight excluding hydrogens is 335 g/mol. The number of halogens is 3. The van der Waals surface area contributed by atoms with E-state index in [-0.39, 0.29) is 13.1 Å². The summed E-state index contributed by atoms with van der Waals surface area (Å²) in [7, 11) is 0. The number of amides is 1. The number of carboxylic acid groups (broad SMARTS) is 1. The van der Waals surface area contributed by atoms with Gasteiger partial charge in [-0.15, -0.1) is 0 Å². The van der Waals surface area contributed by atoms with Crippen LogP contribution in [-0.2, 0) is 4.79 Å². The van der Waals surface area contributed by atoms with Gasteiger partial charge < -0.3 is 10.0 Å². The first-order valence-electron chi connectivity index (χ1n) is 7.60. The molecule has 1 heterocycles. The van der Waals surface area contributed by atoms with Gasteiger partial charge in [0, 0.05) is 19.0 Å². The van der Waals surface area contributed by atoms with Gasteiger partial charge in [0.1, 0.15) is 23.0 Å². The number of hydrogen-bond acceptors (Lipinski definition) is 2. The second-order valence-corrected chi connectivity index (χ2v) is 5.91. The monoisotopic (exact) mass is 349 g/mol. The third-order valence-corrected chi connectivity index (χ3v) is 4.40. The Kier molecular flexibility index (Phi) is 4.48. The van der Waals surface area contributed by atoms with Crippen molar-refractivity contribution in [3.8, 4) is 0 Å². The normalized spacial score (nSPS) is 19.9. The second-order valence-electron chi connectivity index (χ2n) is 5.91. The molecule has 2 aromatic rings. The third kappa shape index (κ3) is 3.22. The first kappa shape index (κ1) is 17.0. The van der Waals surface area contributed by atoms with E-state index in [2.05, 4.69) is 0 Å². The van der Waals surface area contributed by atoms with Crippen molar-refractivity contribution in [3.05, 3.63) is 71.0 Å². The Morgan fingerprint density at radius 1 is 0.960 bits per heavy atom. The maximum atomic E-state index is 13.8. The average Bonchev–Trinajstić information content (AvgIpc) is 3.01. The van der Waals surface area contributed by atoms with E-state index >= 15 is 0 Å². The maximum Gasteiger partial charge on any atom is 0.308 e. The van der Waals surface area contributed by atoms with Crippen LogP contribution >= 0.6 is 0 Å². The fourth-order valence-electron chi connectivity index (χ4n) is 3.13. The van der Waals surface area contributed by atoms with Crippen LogP contribution in [0.4, 0.5) is 13.2 Å². The Bertz CT molecular complexity index is 803. The number of rotatable bonds is 3. The van der Waals surface area contributed by atoms with Crippen molar-refractivity contribution in [1.82, 2.24) is 4.90 Å². The molecule has 7 heteroatoms. The van der Waals surface area contributed by atoms with Crippen molar-refractivity contribution >= 4 is 11.9 Å².